The fourth-order valence-electron chi connectivity index (χ4n) is 2.42. The van der Waals surface area contributed by atoms with Gasteiger partial charge in [-0.3, -0.25) is 18.5 Å². The molecule has 4 atom stereocenters. The first-order valence-corrected chi connectivity index (χ1v) is 8.25. The first-order chi connectivity index (χ1) is 11.5. The van der Waals surface area contributed by atoms with Gasteiger partial charge in [0.25, 0.3) is 5.56 Å². The maximum atomic E-state index is 12.2. The summed E-state index contributed by atoms with van der Waals surface area (Å²) in [6.07, 6.45) is -6.89. The maximum absolute atomic E-state index is 12.2. The lowest BCUT2D eigenvalue weighted by atomic mass is 10.1. The van der Waals surface area contributed by atoms with Crippen molar-refractivity contribution in [2.45, 2.75) is 24.5 Å². The Morgan fingerprint density at radius 1 is 1.40 bits per heavy atom. The molecular formula is C11H15N2O11P. The molecule has 25 heavy (non-hydrogen) atoms. The number of nitrogens with zero attached hydrogens (tertiary/aromatic N) is 2. The molecule has 0 aliphatic carbocycles. The molecule has 1 aliphatic rings. The molecule has 0 spiro atoms. The third-order valence-electron chi connectivity index (χ3n) is 3.57. The summed E-state index contributed by atoms with van der Waals surface area (Å²) in [5, 5.41) is 28.6. The molecule has 13 nitrogen and oxygen atoms in total. The second-order valence-corrected chi connectivity index (χ2v) is 6.38. The summed E-state index contributed by atoms with van der Waals surface area (Å²) in [5.74, 6) is -1.68. The number of aromatic carboxylic acids is 1. The Kier molecular flexibility index (Phi) is 5.30. The van der Waals surface area contributed by atoms with E-state index in [2.05, 4.69) is 4.52 Å². The van der Waals surface area contributed by atoms with Gasteiger partial charge < -0.3 is 29.8 Å². The van der Waals surface area contributed by atoms with Gasteiger partial charge in [0.15, 0.2) is 6.23 Å². The molecule has 5 N–H and O–H groups in total. The number of aliphatic hydroxyl groups excluding tert-OH is 2. The van der Waals surface area contributed by atoms with Gasteiger partial charge in [-0.05, 0) is 0 Å². The zero-order valence-corrected chi connectivity index (χ0v) is 13.5. The van der Waals surface area contributed by atoms with Gasteiger partial charge in [-0.15, -0.1) is 0 Å². The third kappa shape index (κ3) is 3.72. The Balaban J connectivity index is 2.58. The van der Waals surface area contributed by atoms with Crippen LogP contribution in [-0.4, -0.2) is 65.1 Å². The first kappa shape index (κ1) is 19.5. The second-order valence-electron chi connectivity index (χ2n) is 5.18. The number of carboxylic acid groups (broad SMARTS) is 1. The number of hydrogen-bond donors (Lipinski definition) is 5. The van der Waals surface area contributed by atoms with Crippen molar-refractivity contribution in [3.05, 3.63) is 32.6 Å². The summed E-state index contributed by atoms with van der Waals surface area (Å²) >= 11 is 0. The molecule has 14 heteroatoms. The lowest BCUT2D eigenvalue weighted by Crippen LogP contribution is -2.45. The van der Waals surface area contributed by atoms with Gasteiger partial charge >= 0.3 is 19.5 Å². The van der Waals surface area contributed by atoms with Gasteiger partial charge in [-0.2, -0.15) is 0 Å². The van der Waals surface area contributed by atoms with E-state index in [-0.39, 0.29) is 0 Å². The van der Waals surface area contributed by atoms with Crippen LogP contribution in [0.1, 0.15) is 16.7 Å². The molecule has 0 unspecified atom stereocenters. The number of aromatic nitrogens is 2. The van der Waals surface area contributed by atoms with E-state index in [4.69, 9.17) is 14.5 Å². The summed E-state index contributed by atoms with van der Waals surface area (Å²) in [7, 11) is -4.03. The van der Waals surface area contributed by atoms with Gasteiger partial charge in [0.05, 0.1) is 6.61 Å². The lowest BCUT2D eigenvalue weighted by Gasteiger charge is -2.21. The van der Waals surface area contributed by atoms with E-state index in [9.17, 15) is 34.3 Å². The van der Waals surface area contributed by atoms with E-state index in [0.29, 0.717) is 15.2 Å². The van der Waals surface area contributed by atoms with Gasteiger partial charge in [0, 0.05) is 13.1 Å². The highest BCUT2D eigenvalue weighted by molar-refractivity contribution is 7.46. The van der Waals surface area contributed by atoms with Gasteiger partial charge in [-0.25, -0.2) is 14.2 Å². The topological polar surface area (TPSA) is 198 Å². The van der Waals surface area contributed by atoms with Crippen molar-refractivity contribution in [1.82, 2.24) is 9.13 Å². The van der Waals surface area contributed by atoms with E-state index >= 15 is 0 Å². The van der Waals surface area contributed by atoms with E-state index in [1.807, 2.05) is 0 Å². The number of rotatable bonds is 5. The van der Waals surface area contributed by atoms with Crippen LogP contribution >= 0.6 is 7.82 Å². The number of phosphoric ester groups is 1. The van der Waals surface area contributed by atoms with Gasteiger partial charge in [-0.1, -0.05) is 0 Å². The van der Waals surface area contributed by atoms with Crippen molar-refractivity contribution < 1.29 is 43.7 Å². The SMILES string of the molecule is Cn1c(=O)cc(C(=O)O)n([C@@H]2O[C@H](CO)[C@@H](OP(=O)(O)O)[C@H]2O)c1=O. The third-order valence-corrected chi connectivity index (χ3v) is 4.08. The normalized spacial score (nSPS) is 26.8. The van der Waals surface area contributed by atoms with Crippen molar-refractivity contribution in [3.63, 3.8) is 0 Å². The van der Waals surface area contributed by atoms with Crippen LogP contribution in [0.4, 0.5) is 0 Å². The number of carboxylic acids is 1. The first-order valence-electron chi connectivity index (χ1n) is 6.72. The van der Waals surface area contributed by atoms with Crippen molar-refractivity contribution in [1.29, 1.82) is 0 Å². The van der Waals surface area contributed by atoms with Crippen molar-refractivity contribution >= 4 is 13.8 Å². The summed E-state index contributed by atoms with van der Waals surface area (Å²) in [4.78, 5) is 52.9. The van der Waals surface area contributed by atoms with Crippen LogP contribution in [0.3, 0.4) is 0 Å². The van der Waals surface area contributed by atoms with Crippen LogP contribution in [0.25, 0.3) is 0 Å². The molecule has 0 bridgehead atoms. The van der Waals surface area contributed by atoms with E-state index in [1.54, 1.807) is 0 Å². The average Bonchev–Trinajstić information content (AvgIpc) is 2.79. The summed E-state index contributed by atoms with van der Waals surface area (Å²) < 4.78 is 21.5. The highest BCUT2D eigenvalue weighted by atomic mass is 31.2. The minimum Gasteiger partial charge on any atom is -0.477 e. The van der Waals surface area contributed by atoms with Crippen molar-refractivity contribution in [2.24, 2.45) is 7.05 Å². The standard InChI is InChI=1S/C11H15N2O11P/c1-12-6(15)2-4(10(17)18)13(11(12)19)9-7(16)8(5(3-14)23-9)24-25(20,21)22/h2,5,7-9,14,16H,3H2,1H3,(H,17,18)(H2,20,21,22)/t5-,7-,8-,9-/m1/s1. The molecule has 1 aromatic heterocycles. The number of aliphatic hydroxyl groups is 2. The molecule has 1 aliphatic heterocycles. The zero-order valence-electron chi connectivity index (χ0n) is 12.6. The van der Waals surface area contributed by atoms with Gasteiger partial charge in [0.2, 0.25) is 0 Å². The molecule has 0 amide bonds. The Hall–Kier alpha value is -1.86. The Morgan fingerprint density at radius 3 is 2.48 bits per heavy atom. The van der Waals surface area contributed by atoms with Crippen LogP contribution in [-0.2, 0) is 20.9 Å². The highest BCUT2D eigenvalue weighted by Gasteiger charge is 2.49. The van der Waals surface area contributed by atoms with E-state index in [0.717, 1.165) is 7.05 Å². The maximum Gasteiger partial charge on any atom is 0.470 e. The number of carbonyl (C=O) groups is 1. The Bertz CT molecular complexity index is 839. The molecule has 1 fully saturated rings. The fraction of sp³-hybridized carbons (Fsp3) is 0.545. The van der Waals surface area contributed by atoms with Crippen LogP contribution in [0.15, 0.2) is 15.7 Å². The largest absolute Gasteiger partial charge is 0.477 e. The zero-order chi connectivity index (χ0) is 19.1. The minimum absolute atomic E-state index is 0.431. The fourth-order valence-corrected chi connectivity index (χ4v) is 3.00. The summed E-state index contributed by atoms with van der Waals surface area (Å²) in [6.45, 7) is -0.846. The molecule has 0 aromatic carbocycles. The highest BCUT2D eigenvalue weighted by Crippen LogP contribution is 2.43. The number of hydrogen-bond acceptors (Lipinski definition) is 8. The monoisotopic (exact) mass is 382 g/mol. The molecule has 0 radical (unpaired) electrons. The molecule has 0 saturated carbocycles. The predicted molar refractivity (Wildman–Crippen MR) is 76.8 cm³/mol. The van der Waals surface area contributed by atoms with Crippen LogP contribution in [0.2, 0.25) is 0 Å². The van der Waals surface area contributed by atoms with Crippen molar-refractivity contribution in [3.8, 4) is 0 Å². The number of ether oxygens (including phenoxy) is 1. The molecule has 140 valence electrons. The Morgan fingerprint density at radius 2 is 2.00 bits per heavy atom. The minimum atomic E-state index is -5.09. The summed E-state index contributed by atoms with van der Waals surface area (Å²) in [5.41, 5.74) is -2.89. The van der Waals surface area contributed by atoms with Crippen LogP contribution in [0, 0.1) is 0 Å². The predicted octanol–water partition coefficient (Wildman–Crippen LogP) is -3.03. The van der Waals surface area contributed by atoms with E-state index < -0.39 is 61.9 Å². The van der Waals surface area contributed by atoms with E-state index in [1.165, 1.54) is 0 Å². The summed E-state index contributed by atoms with van der Waals surface area (Å²) in [6, 6.07) is 0.616. The van der Waals surface area contributed by atoms with Crippen molar-refractivity contribution in [2.75, 3.05) is 6.61 Å². The molecule has 1 aromatic rings. The molecule has 1 saturated heterocycles. The van der Waals surface area contributed by atoms with Crippen LogP contribution in [0.5, 0.6) is 0 Å². The lowest BCUT2D eigenvalue weighted by molar-refractivity contribution is -0.0565. The smallest absolute Gasteiger partial charge is 0.470 e. The quantitative estimate of drug-likeness (QED) is 0.325. The Labute approximate surface area is 138 Å². The molecule has 2 rings (SSSR count). The average molecular weight is 382 g/mol. The second kappa shape index (κ2) is 6.80. The van der Waals surface area contributed by atoms with Crippen LogP contribution < -0.4 is 11.2 Å². The van der Waals surface area contributed by atoms with Gasteiger partial charge in [0.1, 0.15) is 24.0 Å². The molecular weight excluding hydrogens is 367 g/mol. The molecule has 2 heterocycles. The number of phosphoric acid groups is 1.